The van der Waals surface area contributed by atoms with E-state index in [1.165, 1.54) is 0 Å². The predicted molar refractivity (Wildman–Crippen MR) is 56.9 cm³/mol. The second-order valence-electron chi connectivity index (χ2n) is 4.00. The molecule has 0 spiro atoms. The van der Waals surface area contributed by atoms with Gasteiger partial charge in [0.15, 0.2) is 0 Å². The topological polar surface area (TPSA) is 43.5 Å². The number of epoxide rings is 2. The van der Waals surface area contributed by atoms with Gasteiger partial charge in [0.2, 0.25) is 0 Å². The van der Waals surface area contributed by atoms with Gasteiger partial charge in [0, 0.05) is 0 Å². The van der Waals surface area contributed by atoms with Crippen LogP contribution in [0, 0.1) is 0 Å². The smallest absolute Gasteiger partial charge is 0.119 e. The SMILES string of the molecule is c1cc(OC[C@H]2CO2)ccc1OC[C@H]1CO1. The summed E-state index contributed by atoms with van der Waals surface area (Å²) in [6.07, 6.45) is 0.589. The molecule has 4 heteroatoms. The largest absolute Gasteiger partial charge is 0.491 e. The van der Waals surface area contributed by atoms with Gasteiger partial charge in [0.1, 0.15) is 36.9 Å². The first kappa shape index (κ1) is 9.93. The number of rotatable bonds is 6. The molecule has 86 valence electrons. The summed E-state index contributed by atoms with van der Waals surface area (Å²) in [5.74, 6) is 1.70. The van der Waals surface area contributed by atoms with Crippen LogP contribution in [0.4, 0.5) is 0 Å². The number of benzene rings is 1. The molecule has 0 bridgehead atoms. The van der Waals surface area contributed by atoms with Crippen molar-refractivity contribution < 1.29 is 18.9 Å². The van der Waals surface area contributed by atoms with Gasteiger partial charge in [-0.2, -0.15) is 0 Å². The van der Waals surface area contributed by atoms with Gasteiger partial charge in [-0.15, -0.1) is 0 Å². The van der Waals surface area contributed by atoms with Gasteiger partial charge in [-0.3, -0.25) is 0 Å². The third-order valence-electron chi connectivity index (χ3n) is 2.50. The van der Waals surface area contributed by atoms with Gasteiger partial charge in [-0.25, -0.2) is 0 Å². The highest BCUT2D eigenvalue weighted by molar-refractivity contribution is 5.31. The molecule has 0 aliphatic carbocycles. The molecule has 16 heavy (non-hydrogen) atoms. The van der Waals surface area contributed by atoms with Crippen LogP contribution in [0.5, 0.6) is 11.5 Å². The fourth-order valence-electron chi connectivity index (χ4n) is 1.34. The quantitative estimate of drug-likeness (QED) is 0.679. The molecule has 2 fully saturated rings. The lowest BCUT2D eigenvalue weighted by atomic mass is 10.3. The highest BCUT2D eigenvalue weighted by atomic mass is 16.6. The van der Waals surface area contributed by atoms with Crippen molar-refractivity contribution in [3.63, 3.8) is 0 Å². The van der Waals surface area contributed by atoms with E-state index in [4.69, 9.17) is 18.9 Å². The Bertz CT molecular complexity index is 306. The molecule has 4 nitrogen and oxygen atoms in total. The fraction of sp³-hybridized carbons (Fsp3) is 0.500. The minimum absolute atomic E-state index is 0.294. The lowest BCUT2D eigenvalue weighted by Gasteiger charge is -2.06. The van der Waals surface area contributed by atoms with E-state index in [0.29, 0.717) is 25.4 Å². The molecule has 0 amide bonds. The van der Waals surface area contributed by atoms with Crippen LogP contribution in [-0.2, 0) is 9.47 Å². The monoisotopic (exact) mass is 222 g/mol. The molecular weight excluding hydrogens is 208 g/mol. The molecule has 0 saturated carbocycles. The maximum Gasteiger partial charge on any atom is 0.119 e. The molecule has 0 radical (unpaired) electrons. The zero-order chi connectivity index (χ0) is 10.8. The Kier molecular flexibility index (Phi) is 2.68. The van der Waals surface area contributed by atoms with E-state index in [9.17, 15) is 0 Å². The molecule has 0 aromatic heterocycles. The third-order valence-corrected chi connectivity index (χ3v) is 2.50. The Balaban J connectivity index is 1.47. The molecule has 3 rings (SSSR count). The highest BCUT2D eigenvalue weighted by Crippen LogP contribution is 2.20. The van der Waals surface area contributed by atoms with E-state index in [2.05, 4.69) is 0 Å². The minimum Gasteiger partial charge on any atom is -0.491 e. The Morgan fingerprint density at radius 2 is 1.25 bits per heavy atom. The normalized spacial score (nSPS) is 26.2. The molecule has 1 aromatic rings. The molecule has 0 unspecified atom stereocenters. The number of hydrogen-bond donors (Lipinski definition) is 0. The molecule has 2 aliphatic heterocycles. The highest BCUT2D eigenvalue weighted by Gasteiger charge is 2.23. The van der Waals surface area contributed by atoms with Crippen molar-refractivity contribution in [3.05, 3.63) is 24.3 Å². The van der Waals surface area contributed by atoms with Crippen molar-refractivity contribution in [2.45, 2.75) is 12.2 Å². The van der Waals surface area contributed by atoms with Crippen LogP contribution < -0.4 is 9.47 Å². The summed E-state index contributed by atoms with van der Waals surface area (Å²) in [5.41, 5.74) is 0. The van der Waals surface area contributed by atoms with Crippen LogP contribution >= 0.6 is 0 Å². The van der Waals surface area contributed by atoms with E-state index in [-0.39, 0.29) is 0 Å². The lowest BCUT2D eigenvalue weighted by Crippen LogP contribution is -2.05. The first-order valence-corrected chi connectivity index (χ1v) is 5.49. The van der Waals surface area contributed by atoms with Crippen molar-refractivity contribution in [2.75, 3.05) is 26.4 Å². The summed E-state index contributed by atoms with van der Waals surface area (Å²) in [6, 6.07) is 7.63. The van der Waals surface area contributed by atoms with Crippen molar-refractivity contribution in [1.82, 2.24) is 0 Å². The van der Waals surface area contributed by atoms with E-state index in [0.717, 1.165) is 24.7 Å². The van der Waals surface area contributed by atoms with E-state index in [1.807, 2.05) is 24.3 Å². The summed E-state index contributed by atoms with van der Waals surface area (Å²) in [6.45, 7) is 2.91. The predicted octanol–water partition coefficient (Wildman–Crippen LogP) is 1.24. The average Bonchev–Trinajstić information content (AvgIpc) is 3.17. The van der Waals surface area contributed by atoms with E-state index in [1.54, 1.807) is 0 Å². The standard InChI is InChI=1S/C12H14O4/c1-2-10(14-6-12-8-16-12)4-3-9(1)13-5-11-7-15-11/h1-4,11-12H,5-8H2/t11-,12-/m0/s1. The number of ether oxygens (including phenoxy) is 4. The molecule has 2 aliphatic rings. The van der Waals surface area contributed by atoms with Gasteiger partial charge in [0.25, 0.3) is 0 Å². The summed E-state index contributed by atoms with van der Waals surface area (Å²) < 4.78 is 21.2. The lowest BCUT2D eigenvalue weighted by molar-refractivity contribution is 0.257. The van der Waals surface area contributed by atoms with Crippen LogP contribution in [0.1, 0.15) is 0 Å². The first-order chi connectivity index (χ1) is 7.90. The Hall–Kier alpha value is -1.26. The van der Waals surface area contributed by atoms with Gasteiger partial charge in [0.05, 0.1) is 13.2 Å². The van der Waals surface area contributed by atoms with Gasteiger partial charge < -0.3 is 18.9 Å². The fourth-order valence-corrected chi connectivity index (χ4v) is 1.34. The minimum atomic E-state index is 0.294. The molecule has 1 aromatic carbocycles. The molecule has 0 N–H and O–H groups in total. The Morgan fingerprint density at radius 1 is 0.875 bits per heavy atom. The first-order valence-electron chi connectivity index (χ1n) is 5.49. The van der Waals surface area contributed by atoms with E-state index >= 15 is 0 Å². The summed E-state index contributed by atoms with van der Waals surface area (Å²) in [7, 11) is 0. The molecule has 2 atom stereocenters. The zero-order valence-electron chi connectivity index (χ0n) is 8.93. The van der Waals surface area contributed by atoms with Crippen LogP contribution in [-0.4, -0.2) is 38.6 Å². The van der Waals surface area contributed by atoms with Crippen LogP contribution in [0.25, 0.3) is 0 Å². The Morgan fingerprint density at radius 3 is 1.56 bits per heavy atom. The molecule has 2 heterocycles. The number of hydrogen-bond acceptors (Lipinski definition) is 4. The molecular formula is C12H14O4. The van der Waals surface area contributed by atoms with Crippen molar-refractivity contribution >= 4 is 0 Å². The van der Waals surface area contributed by atoms with Gasteiger partial charge in [-0.05, 0) is 24.3 Å². The second kappa shape index (κ2) is 4.31. The van der Waals surface area contributed by atoms with E-state index < -0.39 is 0 Å². The summed E-state index contributed by atoms with van der Waals surface area (Å²) in [5, 5.41) is 0. The molecule has 2 saturated heterocycles. The van der Waals surface area contributed by atoms with Gasteiger partial charge in [-0.1, -0.05) is 0 Å². The summed E-state index contributed by atoms with van der Waals surface area (Å²) in [4.78, 5) is 0. The maximum atomic E-state index is 5.52. The third kappa shape index (κ3) is 2.87. The van der Waals surface area contributed by atoms with Crippen LogP contribution in [0.3, 0.4) is 0 Å². The maximum absolute atomic E-state index is 5.52. The summed E-state index contributed by atoms with van der Waals surface area (Å²) >= 11 is 0. The van der Waals surface area contributed by atoms with Crippen molar-refractivity contribution in [3.8, 4) is 11.5 Å². The van der Waals surface area contributed by atoms with Crippen molar-refractivity contribution in [1.29, 1.82) is 0 Å². The second-order valence-corrected chi connectivity index (χ2v) is 4.00. The Labute approximate surface area is 94.1 Å². The van der Waals surface area contributed by atoms with Crippen LogP contribution in [0.15, 0.2) is 24.3 Å². The van der Waals surface area contributed by atoms with Crippen molar-refractivity contribution in [2.24, 2.45) is 0 Å². The zero-order valence-corrected chi connectivity index (χ0v) is 8.93. The average molecular weight is 222 g/mol. The van der Waals surface area contributed by atoms with Crippen LogP contribution in [0.2, 0.25) is 0 Å². The van der Waals surface area contributed by atoms with Gasteiger partial charge >= 0.3 is 0 Å².